The minimum Gasteiger partial charge on any atom is -0.395 e. The van der Waals surface area contributed by atoms with Gasteiger partial charge in [0.2, 0.25) is 5.95 Å². The van der Waals surface area contributed by atoms with Crippen molar-refractivity contribution < 1.29 is 18.3 Å². The summed E-state index contributed by atoms with van der Waals surface area (Å²) in [5, 5.41) is 14.9. The van der Waals surface area contributed by atoms with Crippen LogP contribution in [-0.2, 0) is 12.7 Å². The van der Waals surface area contributed by atoms with E-state index in [1.807, 2.05) is 0 Å². The molecule has 0 aromatic carbocycles. The van der Waals surface area contributed by atoms with Crippen molar-refractivity contribution >= 4 is 18.4 Å². The van der Waals surface area contributed by atoms with E-state index in [2.05, 4.69) is 20.6 Å². The average molecular weight is 421 g/mol. The average Bonchev–Trinajstić information content (AvgIpc) is 2.79. The van der Waals surface area contributed by atoms with Crippen LogP contribution in [0, 0.1) is 17.8 Å². The van der Waals surface area contributed by atoms with Crippen molar-refractivity contribution in [2.45, 2.75) is 63.2 Å². The van der Waals surface area contributed by atoms with Crippen LogP contribution in [0.4, 0.5) is 19.1 Å². The molecule has 0 amide bonds. The molecule has 0 spiro atoms. The monoisotopic (exact) mass is 420 g/mol. The lowest BCUT2D eigenvalue weighted by molar-refractivity contribution is -0.141. The van der Waals surface area contributed by atoms with E-state index in [1.54, 1.807) is 0 Å². The summed E-state index contributed by atoms with van der Waals surface area (Å²) in [5.41, 5.74) is -1.05. The Morgan fingerprint density at radius 1 is 1.14 bits per heavy atom. The lowest BCUT2D eigenvalue weighted by atomic mass is 9.65. The van der Waals surface area contributed by atoms with Crippen LogP contribution in [0.2, 0.25) is 0 Å². The number of aromatic nitrogens is 2. The lowest BCUT2D eigenvalue weighted by Crippen LogP contribution is -2.45. The standard InChI is InChI=1S/C19H27F3N4O.ClH/c20-19(21,22)16-15(10-23-3-4-27)11-24-17(25-16)26-18-2-1-12-5-13(8-18)7-14(6-12)9-18;/h11-14,23,27H,1-10H2,(H,24,25,26);1H. The van der Waals surface area contributed by atoms with Crippen molar-refractivity contribution in [2.75, 3.05) is 18.5 Å². The number of hydrogen-bond donors (Lipinski definition) is 3. The van der Waals surface area contributed by atoms with Gasteiger partial charge in [-0.25, -0.2) is 9.97 Å². The summed E-state index contributed by atoms with van der Waals surface area (Å²) < 4.78 is 40.5. The third kappa shape index (κ3) is 4.54. The van der Waals surface area contributed by atoms with E-state index in [-0.39, 0.29) is 49.2 Å². The molecular formula is C19H28ClF3N4O. The van der Waals surface area contributed by atoms with Crippen molar-refractivity contribution in [2.24, 2.45) is 17.8 Å². The molecule has 5 rings (SSSR count). The number of anilines is 1. The summed E-state index contributed by atoms with van der Waals surface area (Å²) in [6.45, 7) is 0.0741. The van der Waals surface area contributed by atoms with Gasteiger partial charge in [-0.3, -0.25) is 0 Å². The Hall–Kier alpha value is -1.12. The molecule has 4 fully saturated rings. The van der Waals surface area contributed by atoms with Crippen molar-refractivity contribution in [1.82, 2.24) is 15.3 Å². The van der Waals surface area contributed by atoms with Gasteiger partial charge in [0, 0.05) is 30.4 Å². The molecule has 5 nitrogen and oxygen atoms in total. The highest BCUT2D eigenvalue weighted by Gasteiger charge is 2.48. The van der Waals surface area contributed by atoms with Gasteiger partial charge >= 0.3 is 6.18 Å². The topological polar surface area (TPSA) is 70.1 Å². The minimum atomic E-state index is -4.53. The van der Waals surface area contributed by atoms with E-state index in [0.717, 1.165) is 31.6 Å². The van der Waals surface area contributed by atoms with Gasteiger partial charge in [-0.05, 0) is 62.7 Å². The molecule has 1 heterocycles. The van der Waals surface area contributed by atoms with Crippen LogP contribution in [-0.4, -0.2) is 33.8 Å². The first-order chi connectivity index (χ1) is 12.9. The molecule has 2 atom stereocenters. The minimum absolute atomic E-state index is 0. The van der Waals surface area contributed by atoms with Gasteiger partial charge in [-0.1, -0.05) is 0 Å². The highest BCUT2D eigenvalue weighted by Crippen LogP contribution is 2.53. The van der Waals surface area contributed by atoms with E-state index in [1.165, 1.54) is 25.5 Å². The number of alkyl halides is 3. The zero-order chi connectivity index (χ0) is 19.1. The summed E-state index contributed by atoms with van der Waals surface area (Å²) in [7, 11) is 0. The first kappa shape index (κ1) is 21.6. The normalized spacial score (nSPS) is 31.4. The quantitative estimate of drug-likeness (QED) is 0.611. The molecule has 2 unspecified atom stereocenters. The summed E-state index contributed by atoms with van der Waals surface area (Å²) in [6, 6.07) is 0. The Bertz CT molecular complexity index is 674. The Labute approximate surface area is 169 Å². The van der Waals surface area contributed by atoms with Crippen molar-refractivity contribution in [3.05, 3.63) is 17.5 Å². The zero-order valence-corrected chi connectivity index (χ0v) is 16.6. The molecule has 1 aromatic heterocycles. The maximum absolute atomic E-state index is 13.5. The fourth-order valence-corrected chi connectivity index (χ4v) is 5.69. The predicted molar refractivity (Wildman–Crippen MR) is 102 cm³/mol. The number of nitrogens with one attached hydrogen (secondary N) is 2. The number of aliphatic hydroxyl groups excluding tert-OH is 1. The van der Waals surface area contributed by atoms with Crippen LogP contribution < -0.4 is 10.6 Å². The van der Waals surface area contributed by atoms with Gasteiger partial charge in [-0.2, -0.15) is 13.2 Å². The third-order valence-electron chi connectivity index (χ3n) is 6.50. The van der Waals surface area contributed by atoms with Crippen LogP contribution in [0.25, 0.3) is 0 Å². The van der Waals surface area contributed by atoms with Gasteiger partial charge in [0.05, 0.1) is 6.61 Å². The molecule has 4 bridgehead atoms. The highest BCUT2D eigenvalue weighted by atomic mass is 35.5. The second kappa shape index (κ2) is 8.32. The van der Waals surface area contributed by atoms with Crippen molar-refractivity contribution in [1.29, 1.82) is 0 Å². The second-order valence-corrected chi connectivity index (χ2v) is 8.62. The lowest BCUT2D eigenvalue weighted by Gasteiger charge is -2.45. The fourth-order valence-electron chi connectivity index (χ4n) is 5.69. The molecule has 0 radical (unpaired) electrons. The molecule has 1 aromatic rings. The predicted octanol–water partition coefficient (Wildman–Crippen LogP) is 3.77. The van der Waals surface area contributed by atoms with Crippen molar-refractivity contribution in [3.63, 3.8) is 0 Å². The van der Waals surface area contributed by atoms with Crippen LogP contribution in [0.3, 0.4) is 0 Å². The number of nitrogens with zero attached hydrogens (tertiary/aromatic N) is 2. The zero-order valence-electron chi connectivity index (χ0n) is 15.8. The maximum atomic E-state index is 13.5. The van der Waals surface area contributed by atoms with Crippen LogP contribution in [0.5, 0.6) is 0 Å². The van der Waals surface area contributed by atoms with E-state index in [0.29, 0.717) is 11.8 Å². The molecule has 0 aliphatic heterocycles. The molecule has 0 saturated heterocycles. The van der Waals surface area contributed by atoms with Gasteiger partial charge < -0.3 is 15.7 Å². The smallest absolute Gasteiger partial charge is 0.395 e. The summed E-state index contributed by atoms with van der Waals surface area (Å²) >= 11 is 0. The molecule has 3 N–H and O–H groups in total. The molecule has 4 saturated carbocycles. The largest absolute Gasteiger partial charge is 0.433 e. The van der Waals surface area contributed by atoms with Gasteiger partial charge in [0.15, 0.2) is 5.69 Å². The molecule has 158 valence electrons. The maximum Gasteiger partial charge on any atom is 0.433 e. The van der Waals surface area contributed by atoms with E-state index < -0.39 is 11.9 Å². The number of hydrogen-bond acceptors (Lipinski definition) is 5. The Balaban J connectivity index is 0.00000225. The highest BCUT2D eigenvalue weighted by molar-refractivity contribution is 5.85. The van der Waals surface area contributed by atoms with E-state index >= 15 is 0 Å². The van der Waals surface area contributed by atoms with Gasteiger partial charge in [0.1, 0.15) is 0 Å². The Morgan fingerprint density at radius 3 is 2.46 bits per heavy atom. The second-order valence-electron chi connectivity index (χ2n) is 8.62. The number of halogens is 4. The molecule has 28 heavy (non-hydrogen) atoms. The molecule has 9 heteroatoms. The first-order valence-corrected chi connectivity index (χ1v) is 9.90. The van der Waals surface area contributed by atoms with Crippen LogP contribution in [0.1, 0.15) is 56.2 Å². The van der Waals surface area contributed by atoms with Gasteiger partial charge in [0.25, 0.3) is 0 Å². The Kier molecular flexibility index (Phi) is 6.41. The van der Waals surface area contributed by atoms with E-state index in [9.17, 15) is 13.2 Å². The summed E-state index contributed by atoms with van der Waals surface area (Å²) in [4.78, 5) is 8.09. The Morgan fingerprint density at radius 2 is 1.82 bits per heavy atom. The molecule has 4 aliphatic rings. The number of rotatable bonds is 6. The van der Waals surface area contributed by atoms with Crippen LogP contribution >= 0.6 is 12.4 Å². The van der Waals surface area contributed by atoms with Gasteiger partial charge in [-0.15, -0.1) is 12.4 Å². The number of aliphatic hydroxyl groups is 1. The summed E-state index contributed by atoms with van der Waals surface area (Å²) in [6.07, 6.45) is 4.71. The summed E-state index contributed by atoms with van der Waals surface area (Å²) in [5.74, 6) is 2.24. The third-order valence-corrected chi connectivity index (χ3v) is 6.50. The SMILES string of the molecule is Cl.OCCNCc1cnc(NC23CCC4CC(CC(C4)C2)C3)nc1C(F)(F)F. The number of fused-ring (bicyclic) bond motifs is 1. The first-order valence-electron chi connectivity index (χ1n) is 9.90. The van der Waals surface area contributed by atoms with E-state index in [4.69, 9.17) is 5.11 Å². The molecular weight excluding hydrogens is 393 g/mol. The fraction of sp³-hybridized carbons (Fsp3) is 0.789. The molecule has 4 aliphatic carbocycles. The van der Waals surface area contributed by atoms with Crippen LogP contribution in [0.15, 0.2) is 6.20 Å². The van der Waals surface area contributed by atoms with Crippen molar-refractivity contribution in [3.8, 4) is 0 Å².